The van der Waals surface area contributed by atoms with Crippen LogP contribution in [0.5, 0.6) is 5.75 Å². The Morgan fingerprint density at radius 2 is 1.44 bits per heavy atom. The highest BCUT2D eigenvalue weighted by Gasteiger charge is 2.15. The van der Waals surface area contributed by atoms with Crippen LogP contribution in [-0.4, -0.2) is 30.1 Å². The molecule has 0 fully saturated rings. The van der Waals surface area contributed by atoms with E-state index in [1.165, 1.54) is 11.8 Å². The summed E-state index contributed by atoms with van der Waals surface area (Å²) in [5.41, 5.74) is 2.44. The summed E-state index contributed by atoms with van der Waals surface area (Å²) in [7, 11) is 0. The molecule has 7 nitrogen and oxygen atoms in total. The third-order valence-electron chi connectivity index (χ3n) is 5.64. The fourth-order valence-corrected chi connectivity index (χ4v) is 4.47. The van der Waals surface area contributed by atoms with Gasteiger partial charge in [-0.25, -0.2) is 0 Å². The van der Waals surface area contributed by atoms with Gasteiger partial charge in [-0.15, -0.1) is 11.8 Å². The van der Waals surface area contributed by atoms with Gasteiger partial charge in [0.05, 0.1) is 12.4 Å². The van der Waals surface area contributed by atoms with Gasteiger partial charge in [-0.3, -0.25) is 14.4 Å². The molecule has 0 aliphatic carbocycles. The van der Waals surface area contributed by atoms with Crippen molar-refractivity contribution in [2.45, 2.75) is 11.8 Å². The van der Waals surface area contributed by atoms with Gasteiger partial charge < -0.3 is 20.7 Å². The van der Waals surface area contributed by atoms with Gasteiger partial charge >= 0.3 is 0 Å². The molecule has 0 heterocycles. The van der Waals surface area contributed by atoms with Crippen molar-refractivity contribution < 1.29 is 19.1 Å². The first-order valence-electron chi connectivity index (χ1n) is 12.8. The van der Waals surface area contributed by atoms with Crippen LogP contribution in [0.2, 0.25) is 5.02 Å². The normalized spacial score (nSPS) is 10.9. The molecule has 0 spiro atoms. The van der Waals surface area contributed by atoms with Crippen molar-refractivity contribution in [2.75, 3.05) is 23.0 Å². The molecule has 4 aromatic rings. The molecule has 0 aliphatic heterocycles. The van der Waals surface area contributed by atoms with E-state index in [0.717, 1.165) is 10.5 Å². The summed E-state index contributed by atoms with van der Waals surface area (Å²) in [6, 6.07) is 29.9. The van der Waals surface area contributed by atoms with E-state index in [0.29, 0.717) is 34.3 Å². The number of rotatable bonds is 11. The van der Waals surface area contributed by atoms with Crippen LogP contribution in [0.15, 0.2) is 114 Å². The molecular weight excluding hydrogens is 558 g/mol. The van der Waals surface area contributed by atoms with Gasteiger partial charge in [0.2, 0.25) is 5.91 Å². The Labute approximate surface area is 248 Å². The van der Waals surface area contributed by atoms with Crippen LogP contribution in [-0.2, 0) is 9.59 Å². The van der Waals surface area contributed by atoms with Crippen LogP contribution in [0, 0.1) is 0 Å². The van der Waals surface area contributed by atoms with Crippen molar-refractivity contribution in [1.82, 2.24) is 5.32 Å². The topological polar surface area (TPSA) is 96.5 Å². The van der Waals surface area contributed by atoms with Crippen molar-refractivity contribution in [3.8, 4) is 5.75 Å². The summed E-state index contributed by atoms with van der Waals surface area (Å²) in [6.07, 6.45) is 1.61. The lowest BCUT2D eigenvalue weighted by Gasteiger charge is -2.12. The van der Waals surface area contributed by atoms with Gasteiger partial charge in [0.25, 0.3) is 11.8 Å². The highest BCUT2D eigenvalue weighted by atomic mass is 35.5. The first-order chi connectivity index (χ1) is 19.9. The maximum atomic E-state index is 13.3. The molecule has 0 aliphatic rings. The summed E-state index contributed by atoms with van der Waals surface area (Å²) in [5.74, 6) is -0.0979. The van der Waals surface area contributed by atoms with Crippen LogP contribution in [0.25, 0.3) is 6.08 Å². The van der Waals surface area contributed by atoms with Crippen molar-refractivity contribution in [1.29, 1.82) is 0 Å². The Hall–Kier alpha value is -4.53. The Morgan fingerprint density at radius 3 is 2.10 bits per heavy atom. The number of hydrogen-bond donors (Lipinski definition) is 3. The number of benzene rings is 4. The molecule has 0 atom stereocenters. The Balaban J connectivity index is 1.41. The van der Waals surface area contributed by atoms with Crippen LogP contribution in [0.1, 0.15) is 22.8 Å². The summed E-state index contributed by atoms with van der Waals surface area (Å²) in [6.45, 7) is 2.45. The summed E-state index contributed by atoms with van der Waals surface area (Å²) >= 11 is 7.25. The number of anilines is 2. The van der Waals surface area contributed by atoms with Gasteiger partial charge in [-0.1, -0.05) is 41.9 Å². The zero-order valence-corrected chi connectivity index (χ0v) is 23.8. The van der Waals surface area contributed by atoms with E-state index in [4.69, 9.17) is 16.3 Å². The Bertz CT molecular complexity index is 1510. The Kier molecular flexibility index (Phi) is 10.6. The zero-order valence-electron chi connectivity index (χ0n) is 22.2. The molecule has 0 radical (unpaired) electrons. The first kappa shape index (κ1) is 29.5. The third kappa shape index (κ3) is 9.27. The largest absolute Gasteiger partial charge is 0.494 e. The molecule has 0 bridgehead atoms. The van der Waals surface area contributed by atoms with E-state index in [-0.39, 0.29) is 17.4 Å². The Morgan fingerprint density at radius 1 is 0.805 bits per heavy atom. The standard InChI is InChI=1S/C32H28ClN3O4S/c1-2-40-27-16-8-22(9-17-27)20-29(36-31(38)23-6-4-3-5-7-23)32(39)35-26-14-18-28(19-15-26)41-21-30(37)34-25-12-10-24(33)11-13-25/h3-20H,2,21H2,1H3,(H,34,37)(H,35,39)(H,36,38)/b29-20-. The maximum Gasteiger partial charge on any atom is 0.272 e. The number of nitrogens with one attached hydrogen (secondary N) is 3. The second-order valence-electron chi connectivity index (χ2n) is 8.70. The lowest BCUT2D eigenvalue weighted by atomic mass is 10.1. The highest BCUT2D eigenvalue weighted by molar-refractivity contribution is 8.00. The lowest BCUT2D eigenvalue weighted by molar-refractivity contribution is -0.114. The second kappa shape index (κ2) is 14.7. The lowest BCUT2D eigenvalue weighted by Crippen LogP contribution is -2.30. The molecule has 208 valence electrons. The van der Waals surface area contributed by atoms with E-state index in [1.54, 1.807) is 78.9 Å². The fourth-order valence-electron chi connectivity index (χ4n) is 3.65. The van der Waals surface area contributed by atoms with Crippen molar-refractivity contribution in [2.24, 2.45) is 0 Å². The molecule has 3 N–H and O–H groups in total. The van der Waals surface area contributed by atoms with Crippen LogP contribution in [0.4, 0.5) is 11.4 Å². The molecule has 4 aromatic carbocycles. The smallest absolute Gasteiger partial charge is 0.272 e. The van der Waals surface area contributed by atoms with E-state index in [1.807, 2.05) is 37.3 Å². The number of thioether (sulfide) groups is 1. The van der Waals surface area contributed by atoms with E-state index in [9.17, 15) is 14.4 Å². The number of carbonyl (C=O) groups is 3. The van der Waals surface area contributed by atoms with Crippen molar-refractivity contribution >= 4 is 58.5 Å². The number of halogens is 1. The number of carbonyl (C=O) groups excluding carboxylic acids is 3. The fraction of sp³-hybridized carbons (Fsp3) is 0.0938. The quantitative estimate of drug-likeness (QED) is 0.132. The van der Waals surface area contributed by atoms with Gasteiger partial charge in [0, 0.05) is 26.9 Å². The molecule has 3 amide bonds. The van der Waals surface area contributed by atoms with E-state index >= 15 is 0 Å². The van der Waals surface area contributed by atoms with Gasteiger partial charge in [0.15, 0.2) is 0 Å². The molecule has 0 aromatic heterocycles. The summed E-state index contributed by atoms with van der Waals surface area (Å²) in [4.78, 5) is 39.3. The summed E-state index contributed by atoms with van der Waals surface area (Å²) in [5, 5.41) is 8.99. The average Bonchev–Trinajstić information content (AvgIpc) is 2.99. The predicted octanol–water partition coefficient (Wildman–Crippen LogP) is 6.88. The van der Waals surface area contributed by atoms with Gasteiger partial charge in [0.1, 0.15) is 11.4 Å². The van der Waals surface area contributed by atoms with Crippen LogP contribution >= 0.6 is 23.4 Å². The maximum absolute atomic E-state index is 13.3. The summed E-state index contributed by atoms with van der Waals surface area (Å²) < 4.78 is 5.49. The average molecular weight is 586 g/mol. The molecular formula is C32H28ClN3O4S. The van der Waals surface area contributed by atoms with Gasteiger partial charge in [-0.05, 0) is 91.4 Å². The van der Waals surface area contributed by atoms with E-state index < -0.39 is 11.8 Å². The molecule has 0 unspecified atom stereocenters. The van der Waals surface area contributed by atoms with E-state index in [2.05, 4.69) is 16.0 Å². The SMILES string of the molecule is CCOc1ccc(/C=C(\NC(=O)c2ccccc2)C(=O)Nc2ccc(SCC(=O)Nc3ccc(Cl)cc3)cc2)cc1. The predicted molar refractivity (Wildman–Crippen MR) is 165 cm³/mol. The zero-order chi connectivity index (χ0) is 29.0. The molecule has 41 heavy (non-hydrogen) atoms. The number of hydrogen-bond acceptors (Lipinski definition) is 5. The van der Waals surface area contributed by atoms with Crippen molar-refractivity contribution in [3.63, 3.8) is 0 Å². The second-order valence-corrected chi connectivity index (χ2v) is 10.2. The monoisotopic (exact) mass is 585 g/mol. The van der Waals surface area contributed by atoms with Crippen LogP contribution in [0.3, 0.4) is 0 Å². The number of ether oxygens (including phenoxy) is 1. The minimum atomic E-state index is -0.481. The van der Waals surface area contributed by atoms with Crippen molar-refractivity contribution in [3.05, 3.63) is 125 Å². The minimum Gasteiger partial charge on any atom is -0.494 e. The third-order valence-corrected chi connectivity index (χ3v) is 6.91. The molecule has 9 heteroatoms. The van der Waals surface area contributed by atoms with Crippen LogP contribution < -0.4 is 20.7 Å². The minimum absolute atomic E-state index is 0.0836. The highest BCUT2D eigenvalue weighted by Crippen LogP contribution is 2.22. The van der Waals surface area contributed by atoms with Gasteiger partial charge in [-0.2, -0.15) is 0 Å². The first-order valence-corrected chi connectivity index (χ1v) is 14.2. The molecule has 0 saturated carbocycles. The molecule has 4 rings (SSSR count). The number of amides is 3. The molecule has 0 saturated heterocycles.